The highest BCUT2D eigenvalue weighted by molar-refractivity contribution is 7.09. The van der Waals surface area contributed by atoms with E-state index in [1.807, 2.05) is 14.0 Å². The molecule has 0 N–H and O–H groups in total. The molecule has 0 radical (unpaired) electrons. The number of carbonyl (C=O) groups excluding carboxylic acids is 1. The number of ether oxygens (including phenoxy) is 1. The van der Waals surface area contributed by atoms with Crippen LogP contribution >= 0.6 is 11.3 Å². The fraction of sp³-hybridized carbons (Fsp3) is 0.750. The van der Waals surface area contributed by atoms with Crippen LogP contribution in [0.15, 0.2) is 5.38 Å². The largest absolute Gasteiger partial charge is 0.369 e. The number of hydrogen-bond donors (Lipinski definition) is 0. The average Bonchev–Trinajstić information content (AvgIpc) is 3.17. The molecule has 1 atom stereocenters. The molecule has 1 aromatic heterocycles. The Kier molecular flexibility index (Phi) is 4.34. The van der Waals surface area contributed by atoms with Crippen LogP contribution in [0.3, 0.4) is 0 Å². The minimum atomic E-state index is -0.232. The summed E-state index contributed by atoms with van der Waals surface area (Å²) in [5.74, 6) is 0.0271. The second-order valence-corrected chi connectivity index (χ2v) is 8.02. The summed E-state index contributed by atoms with van der Waals surface area (Å²) in [6.07, 6.45) is 0.915. The predicted molar refractivity (Wildman–Crippen MR) is 89.5 cm³/mol. The van der Waals surface area contributed by atoms with Gasteiger partial charge in [0.25, 0.3) is 5.91 Å². The Hall–Kier alpha value is -1.06. The van der Waals surface area contributed by atoms with Gasteiger partial charge in [0.15, 0.2) is 0 Å². The SMILES string of the molecule is Cc1csc(CN2CC3(C2)CN(C)[C@H](C(=O)N2CCCO2)CO3)n1. The number of likely N-dealkylation sites (tertiary alicyclic amines) is 1. The number of hydroxylamine groups is 2. The molecular formula is C16H24N4O3S. The van der Waals surface area contributed by atoms with Crippen molar-refractivity contribution in [2.75, 3.05) is 46.4 Å². The lowest BCUT2D eigenvalue weighted by atomic mass is 9.90. The van der Waals surface area contributed by atoms with E-state index in [0.717, 1.165) is 43.3 Å². The van der Waals surface area contributed by atoms with Gasteiger partial charge in [-0.25, -0.2) is 10.0 Å². The molecular weight excluding hydrogens is 328 g/mol. The molecule has 7 nitrogen and oxygen atoms in total. The van der Waals surface area contributed by atoms with Crippen LogP contribution < -0.4 is 0 Å². The summed E-state index contributed by atoms with van der Waals surface area (Å²) in [5, 5.41) is 4.75. The summed E-state index contributed by atoms with van der Waals surface area (Å²) in [4.78, 5) is 26.9. The molecule has 3 fully saturated rings. The molecule has 3 saturated heterocycles. The summed E-state index contributed by atoms with van der Waals surface area (Å²) < 4.78 is 6.13. The van der Waals surface area contributed by atoms with E-state index in [9.17, 15) is 4.79 Å². The third-order valence-corrected chi connectivity index (χ3v) is 5.90. The van der Waals surface area contributed by atoms with Crippen LogP contribution in [-0.4, -0.2) is 83.8 Å². The lowest BCUT2D eigenvalue weighted by molar-refractivity contribution is -0.212. The molecule has 132 valence electrons. The minimum Gasteiger partial charge on any atom is -0.369 e. The summed E-state index contributed by atoms with van der Waals surface area (Å²) in [6.45, 7) is 7.26. The molecule has 3 aliphatic rings. The van der Waals surface area contributed by atoms with Crippen LogP contribution in [0.2, 0.25) is 0 Å². The highest BCUT2D eigenvalue weighted by Gasteiger charge is 2.50. The molecule has 1 aromatic rings. The Morgan fingerprint density at radius 1 is 1.46 bits per heavy atom. The number of amides is 1. The van der Waals surface area contributed by atoms with Gasteiger partial charge >= 0.3 is 0 Å². The van der Waals surface area contributed by atoms with Crippen LogP contribution in [0.4, 0.5) is 0 Å². The van der Waals surface area contributed by atoms with Gasteiger partial charge in [0.1, 0.15) is 16.7 Å². The van der Waals surface area contributed by atoms with Crippen molar-refractivity contribution in [1.82, 2.24) is 19.8 Å². The Morgan fingerprint density at radius 3 is 2.92 bits per heavy atom. The molecule has 4 heterocycles. The molecule has 0 unspecified atom stereocenters. The van der Waals surface area contributed by atoms with Crippen LogP contribution in [0.5, 0.6) is 0 Å². The van der Waals surface area contributed by atoms with Gasteiger partial charge in [-0.1, -0.05) is 0 Å². The smallest absolute Gasteiger partial charge is 0.265 e. The number of carbonyl (C=O) groups is 1. The maximum Gasteiger partial charge on any atom is 0.265 e. The summed E-state index contributed by atoms with van der Waals surface area (Å²) in [6, 6.07) is -0.232. The fourth-order valence-electron chi connectivity index (χ4n) is 3.78. The van der Waals surface area contributed by atoms with Crippen molar-refractivity contribution in [2.24, 2.45) is 0 Å². The first-order valence-electron chi connectivity index (χ1n) is 8.47. The Morgan fingerprint density at radius 2 is 2.29 bits per heavy atom. The number of hydrogen-bond acceptors (Lipinski definition) is 7. The van der Waals surface area contributed by atoms with Crippen molar-refractivity contribution < 1.29 is 14.4 Å². The summed E-state index contributed by atoms with van der Waals surface area (Å²) in [5.41, 5.74) is 0.952. The van der Waals surface area contributed by atoms with Gasteiger partial charge in [0.2, 0.25) is 0 Å². The summed E-state index contributed by atoms with van der Waals surface area (Å²) >= 11 is 1.71. The van der Waals surface area contributed by atoms with Crippen molar-refractivity contribution in [3.63, 3.8) is 0 Å². The second kappa shape index (κ2) is 6.34. The molecule has 0 aliphatic carbocycles. The number of thiazole rings is 1. The van der Waals surface area contributed by atoms with E-state index in [-0.39, 0.29) is 17.6 Å². The predicted octanol–water partition coefficient (Wildman–Crippen LogP) is 0.500. The van der Waals surface area contributed by atoms with Gasteiger partial charge in [-0.3, -0.25) is 19.4 Å². The van der Waals surface area contributed by atoms with Crippen LogP contribution in [0, 0.1) is 6.92 Å². The molecule has 1 spiro atoms. The highest BCUT2D eigenvalue weighted by Crippen LogP contribution is 2.32. The Balaban J connectivity index is 1.30. The van der Waals surface area contributed by atoms with Crippen molar-refractivity contribution in [1.29, 1.82) is 0 Å². The first-order chi connectivity index (χ1) is 11.5. The zero-order valence-electron chi connectivity index (χ0n) is 14.2. The maximum atomic E-state index is 12.5. The second-order valence-electron chi connectivity index (χ2n) is 7.08. The molecule has 3 aliphatic heterocycles. The van der Waals surface area contributed by atoms with E-state index in [0.29, 0.717) is 19.8 Å². The first kappa shape index (κ1) is 16.4. The van der Waals surface area contributed by atoms with E-state index in [4.69, 9.17) is 9.57 Å². The van der Waals surface area contributed by atoms with Gasteiger partial charge in [-0.15, -0.1) is 11.3 Å². The van der Waals surface area contributed by atoms with Crippen LogP contribution in [-0.2, 0) is 20.9 Å². The molecule has 0 bridgehead atoms. The molecule has 0 aromatic carbocycles. The van der Waals surface area contributed by atoms with Gasteiger partial charge in [0, 0.05) is 30.7 Å². The molecule has 0 saturated carbocycles. The maximum absolute atomic E-state index is 12.5. The topological polar surface area (TPSA) is 58.1 Å². The average molecular weight is 352 g/mol. The monoisotopic (exact) mass is 352 g/mol. The first-order valence-corrected chi connectivity index (χ1v) is 9.34. The molecule has 1 amide bonds. The number of likely N-dealkylation sites (N-methyl/N-ethyl adjacent to an activating group) is 1. The van der Waals surface area contributed by atoms with E-state index < -0.39 is 0 Å². The van der Waals surface area contributed by atoms with Crippen LogP contribution in [0.25, 0.3) is 0 Å². The number of aromatic nitrogens is 1. The van der Waals surface area contributed by atoms with Crippen molar-refractivity contribution in [3.05, 3.63) is 16.1 Å². The van der Waals surface area contributed by atoms with Crippen molar-refractivity contribution in [3.8, 4) is 0 Å². The van der Waals surface area contributed by atoms with E-state index in [1.165, 1.54) is 5.06 Å². The quantitative estimate of drug-likeness (QED) is 0.790. The van der Waals surface area contributed by atoms with E-state index in [2.05, 4.69) is 20.2 Å². The lowest BCUT2D eigenvalue weighted by Gasteiger charge is -2.54. The number of nitrogens with zero attached hydrogens (tertiary/aromatic N) is 4. The van der Waals surface area contributed by atoms with Gasteiger partial charge in [0.05, 0.1) is 26.3 Å². The van der Waals surface area contributed by atoms with Gasteiger partial charge in [-0.2, -0.15) is 0 Å². The normalized spacial score (nSPS) is 27.6. The van der Waals surface area contributed by atoms with Crippen molar-refractivity contribution in [2.45, 2.75) is 31.5 Å². The third kappa shape index (κ3) is 3.09. The number of rotatable bonds is 3. The summed E-state index contributed by atoms with van der Waals surface area (Å²) in [7, 11) is 2.01. The Bertz CT molecular complexity index is 610. The lowest BCUT2D eigenvalue weighted by Crippen LogP contribution is -2.72. The zero-order valence-corrected chi connectivity index (χ0v) is 15.0. The molecule has 8 heteroatoms. The number of morpholine rings is 1. The standard InChI is InChI=1S/C16H24N4O3S/c1-12-8-24-14(17-12)6-19-10-16(11-19)9-18(2)13(7-22-16)15(21)20-4-3-5-23-20/h8,13H,3-7,9-11H2,1-2H3/t13-/m0/s1. The molecule has 4 rings (SSSR count). The van der Waals surface area contributed by atoms with Crippen LogP contribution in [0.1, 0.15) is 17.1 Å². The molecule has 24 heavy (non-hydrogen) atoms. The van der Waals surface area contributed by atoms with E-state index in [1.54, 1.807) is 11.3 Å². The van der Waals surface area contributed by atoms with E-state index >= 15 is 0 Å². The fourth-order valence-corrected chi connectivity index (χ4v) is 4.59. The van der Waals surface area contributed by atoms with Gasteiger partial charge < -0.3 is 4.74 Å². The number of aryl methyl sites for hydroxylation is 1. The third-order valence-electron chi connectivity index (χ3n) is 4.95. The van der Waals surface area contributed by atoms with Gasteiger partial charge in [-0.05, 0) is 20.4 Å². The Labute approximate surface area is 146 Å². The van der Waals surface area contributed by atoms with Crippen molar-refractivity contribution >= 4 is 17.2 Å². The minimum absolute atomic E-state index is 0.0271. The highest BCUT2D eigenvalue weighted by atomic mass is 32.1. The zero-order chi connectivity index (χ0) is 16.7.